The number of halogens is 4. The molecule has 2 rings (SSSR count). The van der Waals surface area contributed by atoms with Crippen molar-refractivity contribution < 1.29 is 37.4 Å². The average molecular weight is 628 g/mol. The monoisotopic (exact) mass is 628 g/mol. The molecule has 0 N–H and O–H groups in total. The van der Waals surface area contributed by atoms with Gasteiger partial charge in [-0.05, 0) is 79.4 Å². The number of pyridine rings is 1. The summed E-state index contributed by atoms with van der Waals surface area (Å²) < 4.78 is 39.0. The van der Waals surface area contributed by atoms with Gasteiger partial charge in [-0.3, -0.25) is 4.98 Å². The summed E-state index contributed by atoms with van der Waals surface area (Å²) in [6.45, 7) is 14.2. The summed E-state index contributed by atoms with van der Waals surface area (Å²) in [5, 5.41) is 0. The van der Waals surface area contributed by atoms with Gasteiger partial charge in [-0.15, -0.1) is 0 Å². The summed E-state index contributed by atoms with van der Waals surface area (Å²) in [5.74, 6) is 0. The first kappa shape index (κ1) is 34.1. The van der Waals surface area contributed by atoms with Crippen LogP contribution < -0.4 is 0 Å². The van der Waals surface area contributed by atoms with E-state index in [1.54, 1.807) is 12.4 Å². The normalized spacial score (nSPS) is 15.3. The molecule has 0 saturated carbocycles. The van der Waals surface area contributed by atoms with E-state index < -0.39 is 7.25 Å². The molecular formula is C22H39BF4IrNP. The van der Waals surface area contributed by atoms with Crippen LogP contribution in [0.3, 0.4) is 0 Å². The Morgan fingerprint density at radius 3 is 1.00 bits per heavy atom. The number of allylic oxidation sites excluding steroid dienone is 4. The molecule has 0 aliphatic heterocycles. The smallest absolute Gasteiger partial charge is 0.418 e. The predicted octanol–water partition coefficient (Wildman–Crippen LogP) is 8.48. The number of hydrogen-bond acceptors (Lipinski definition) is 1. The van der Waals surface area contributed by atoms with Crippen molar-refractivity contribution in [1.29, 1.82) is 0 Å². The van der Waals surface area contributed by atoms with Crippen LogP contribution in [0.2, 0.25) is 0 Å². The summed E-state index contributed by atoms with van der Waals surface area (Å²) in [6, 6.07) is 5.72. The summed E-state index contributed by atoms with van der Waals surface area (Å²) >= 11 is 0. The quantitative estimate of drug-likeness (QED) is 0.142. The number of aromatic nitrogens is 1. The SMILES string of the molecule is C1=C\CC/C=C\CC/1.CC(C)[PH+](C(C)C)C(C)C.F[B-](F)(F)F.[Ir].c1ccncc1. The fourth-order valence-electron chi connectivity index (χ4n) is 3.17. The van der Waals surface area contributed by atoms with E-state index in [0.717, 1.165) is 17.0 Å². The minimum absolute atomic E-state index is 0. The molecule has 1 aliphatic carbocycles. The van der Waals surface area contributed by atoms with E-state index in [1.165, 1.54) is 25.7 Å². The Morgan fingerprint density at radius 1 is 0.633 bits per heavy atom. The minimum Gasteiger partial charge on any atom is -0.418 e. The molecule has 0 spiro atoms. The molecule has 0 amide bonds. The van der Waals surface area contributed by atoms with Crippen LogP contribution in [0.5, 0.6) is 0 Å². The molecule has 1 radical (unpaired) electrons. The second kappa shape index (κ2) is 21.7. The second-order valence-corrected chi connectivity index (χ2v) is 12.0. The Hall–Kier alpha value is -0.506. The number of rotatable bonds is 3. The van der Waals surface area contributed by atoms with E-state index in [1.807, 2.05) is 18.2 Å². The molecule has 1 aromatic heterocycles. The zero-order valence-corrected chi connectivity index (χ0v) is 22.5. The Morgan fingerprint density at radius 2 is 0.900 bits per heavy atom. The van der Waals surface area contributed by atoms with Crippen molar-refractivity contribution >= 4 is 15.2 Å². The minimum atomic E-state index is -6.00. The maximum atomic E-state index is 9.75. The summed E-state index contributed by atoms with van der Waals surface area (Å²) in [4.78, 5) is 3.78. The van der Waals surface area contributed by atoms with E-state index in [0.29, 0.717) is 0 Å². The van der Waals surface area contributed by atoms with Gasteiger partial charge in [-0.2, -0.15) is 0 Å². The molecule has 0 saturated heterocycles. The molecule has 8 heteroatoms. The van der Waals surface area contributed by atoms with Gasteiger partial charge in [0, 0.05) is 40.4 Å². The Labute approximate surface area is 196 Å². The van der Waals surface area contributed by atoms with Gasteiger partial charge in [0.2, 0.25) is 0 Å². The largest absolute Gasteiger partial charge is 0.673 e. The van der Waals surface area contributed by atoms with Gasteiger partial charge in [0.1, 0.15) is 0 Å². The van der Waals surface area contributed by atoms with Crippen molar-refractivity contribution in [3.05, 3.63) is 54.9 Å². The first-order valence-corrected chi connectivity index (χ1v) is 12.1. The van der Waals surface area contributed by atoms with Crippen molar-refractivity contribution in [2.75, 3.05) is 0 Å². The predicted molar refractivity (Wildman–Crippen MR) is 125 cm³/mol. The Kier molecular flexibility index (Phi) is 24.7. The maximum absolute atomic E-state index is 9.75. The van der Waals surface area contributed by atoms with Crippen LogP contribution in [0.1, 0.15) is 67.2 Å². The fourth-order valence-corrected chi connectivity index (χ4v) is 7.17. The number of hydrogen-bond donors (Lipinski definition) is 0. The van der Waals surface area contributed by atoms with Crippen molar-refractivity contribution in [3.63, 3.8) is 0 Å². The third-order valence-corrected chi connectivity index (χ3v) is 7.90. The van der Waals surface area contributed by atoms with Crippen molar-refractivity contribution in [1.82, 2.24) is 4.98 Å². The summed E-state index contributed by atoms with van der Waals surface area (Å²) in [7, 11) is -6.10. The third kappa shape index (κ3) is 29.7. The molecule has 0 fully saturated rings. The molecule has 177 valence electrons. The average Bonchev–Trinajstić information content (AvgIpc) is 2.54. The van der Waals surface area contributed by atoms with E-state index in [9.17, 15) is 17.3 Å². The fraction of sp³-hybridized carbons (Fsp3) is 0.591. The summed E-state index contributed by atoms with van der Waals surface area (Å²) in [6.07, 6.45) is 17.5. The van der Waals surface area contributed by atoms with Gasteiger partial charge in [0.15, 0.2) is 0 Å². The molecule has 1 aliphatic rings. The van der Waals surface area contributed by atoms with Gasteiger partial charge in [0.25, 0.3) is 0 Å². The zero-order valence-electron chi connectivity index (χ0n) is 19.1. The first-order valence-electron chi connectivity index (χ1n) is 10.4. The van der Waals surface area contributed by atoms with Crippen molar-refractivity contribution in [2.45, 2.75) is 84.2 Å². The third-order valence-electron chi connectivity index (χ3n) is 3.90. The van der Waals surface area contributed by atoms with Crippen LogP contribution in [-0.2, 0) is 20.1 Å². The topological polar surface area (TPSA) is 12.9 Å². The number of nitrogens with zero attached hydrogens (tertiary/aromatic N) is 1. The van der Waals surface area contributed by atoms with Gasteiger partial charge in [-0.1, -0.05) is 30.4 Å². The molecule has 0 bridgehead atoms. The Balaban J connectivity index is -0.000000330. The molecule has 1 nitrogen and oxygen atoms in total. The van der Waals surface area contributed by atoms with Crippen LogP contribution in [0.25, 0.3) is 0 Å². The summed E-state index contributed by atoms with van der Waals surface area (Å²) in [5.41, 5.74) is 2.81. The van der Waals surface area contributed by atoms with E-state index in [2.05, 4.69) is 70.8 Å². The van der Waals surface area contributed by atoms with Gasteiger partial charge >= 0.3 is 7.25 Å². The van der Waals surface area contributed by atoms with E-state index in [-0.39, 0.29) is 28.0 Å². The molecule has 1 heterocycles. The molecule has 0 atom stereocenters. The first-order chi connectivity index (χ1) is 13.5. The van der Waals surface area contributed by atoms with Crippen LogP contribution in [-0.4, -0.2) is 29.2 Å². The van der Waals surface area contributed by atoms with Crippen LogP contribution in [0, 0.1) is 0 Å². The second-order valence-electron chi connectivity index (χ2n) is 7.58. The van der Waals surface area contributed by atoms with Gasteiger partial charge < -0.3 is 17.3 Å². The van der Waals surface area contributed by atoms with Gasteiger partial charge in [0.05, 0.1) is 17.0 Å². The van der Waals surface area contributed by atoms with Crippen molar-refractivity contribution in [3.8, 4) is 0 Å². The molecule has 30 heavy (non-hydrogen) atoms. The van der Waals surface area contributed by atoms with Crippen molar-refractivity contribution in [2.24, 2.45) is 0 Å². The molecule has 0 unspecified atom stereocenters. The van der Waals surface area contributed by atoms with Crippen LogP contribution in [0.15, 0.2) is 54.9 Å². The molecule has 0 aromatic carbocycles. The van der Waals surface area contributed by atoms with E-state index >= 15 is 0 Å². The van der Waals surface area contributed by atoms with Crippen LogP contribution in [0.4, 0.5) is 17.3 Å². The molecular weight excluding hydrogens is 588 g/mol. The van der Waals surface area contributed by atoms with Crippen LogP contribution >= 0.6 is 7.92 Å². The van der Waals surface area contributed by atoms with Gasteiger partial charge in [-0.25, -0.2) is 0 Å². The standard InChI is InChI=1S/C9H21P.C8H12.C5H5N.BF4.Ir/c1-7(2)10(8(3)4)9(5)6;1-2-4-6-8-7-5-3-1;1-2-4-6-5-3-1;2-1(3,4)5;/h7-9H,1-6H3;1-2,7-8H,3-6H2;1-5H;;/q;;;-1;/p+1/b;2-1-,8-7-;;;. The molecule has 1 aromatic rings. The van der Waals surface area contributed by atoms with E-state index in [4.69, 9.17) is 0 Å². The Bertz CT molecular complexity index is 446. The zero-order chi connectivity index (χ0) is 22.7. The maximum Gasteiger partial charge on any atom is 0.673 e.